The molecule has 0 bridgehead atoms. The molecule has 8 aromatic rings. The topological polar surface area (TPSA) is 29.3 Å². The summed E-state index contributed by atoms with van der Waals surface area (Å²) in [6, 6.07) is 51.8. The van der Waals surface area contributed by atoms with Gasteiger partial charge in [0.05, 0.1) is 5.92 Å². The van der Waals surface area contributed by atoms with Crippen molar-refractivity contribution < 1.29 is 4.42 Å². The van der Waals surface area contributed by atoms with Crippen LogP contribution in [-0.2, 0) is 10.8 Å². The maximum absolute atomic E-state index is 6.49. The minimum atomic E-state index is -0.102. The minimum absolute atomic E-state index is 0.102. The molecule has 0 saturated carbocycles. The molecule has 270 valence electrons. The lowest BCUT2D eigenvalue weighted by molar-refractivity contribution is 0.507. The SMILES string of the molecule is CC1(C)c2ccccc2-c2ccc(N(c3ccc(-c4ccc5ccc6nc(C7C=CC=CC7)oc6c5c4)cc3)c3ccc4c(c3)C(C)(C)c3ccccc3-4)cc21. The van der Waals surface area contributed by atoms with Gasteiger partial charge in [0.1, 0.15) is 5.52 Å². The summed E-state index contributed by atoms with van der Waals surface area (Å²) in [5, 5.41) is 2.23. The first-order valence-corrected chi connectivity index (χ1v) is 19.8. The normalized spacial score (nSPS) is 16.8. The third kappa shape index (κ3) is 4.86. The monoisotopic (exact) mass is 722 g/mol. The first kappa shape index (κ1) is 32.9. The second kappa shape index (κ2) is 12.0. The Labute approximate surface area is 328 Å². The standard InChI is InChI=1S/C53H42N2O/c1-52(2)45-16-10-8-14-40(45)42-27-25-38(31-47(42)52)55(39-26-28-43-41-15-9-11-17-46(41)53(3,4)48(43)32-39)37-23-20-33(21-24-37)36-19-18-34-22-29-49-50(44(34)30-36)56-51(54-49)35-12-6-5-7-13-35/h5-12,14-32,35H,13H2,1-4H3. The molecule has 56 heavy (non-hydrogen) atoms. The lowest BCUT2D eigenvalue weighted by Crippen LogP contribution is -2.18. The Morgan fingerprint density at radius 1 is 0.554 bits per heavy atom. The van der Waals surface area contributed by atoms with Gasteiger partial charge in [-0.2, -0.15) is 0 Å². The summed E-state index contributed by atoms with van der Waals surface area (Å²) in [5.74, 6) is 0.945. The highest BCUT2D eigenvalue weighted by Crippen LogP contribution is 2.53. The number of hydrogen-bond acceptors (Lipinski definition) is 3. The summed E-state index contributed by atoms with van der Waals surface area (Å²) >= 11 is 0. The summed E-state index contributed by atoms with van der Waals surface area (Å²) in [6.07, 6.45) is 9.42. The van der Waals surface area contributed by atoms with Crippen molar-refractivity contribution in [1.82, 2.24) is 4.98 Å². The van der Waals surface area contributed by atoms with Crippen LogP contribution in [-0.4, -0.2) is 4.98 Å². The van der Waals surface area contributed by atoms with E-state index in [0.717, 1.165) is 62.4 Å². The average molecular weight is 723 g/mol. The maximum Gasteiger partial charge on any atom is 0.202 e. The summed E-state index contributed by atoms with van der Waals surface area (Å²) < 4.78 is 6.49. The largest absolute Gasteiger partial charge is 0.439 e. The van der Waals surface area contributed by atoms with Gasteiger partial charge in [0.2, 0.25) is 5.89 Å². The molecular formula is C53H42N2O. The summed E-state index contributed by atoms with van der Waals surface area (Å²) in [6.45, 7) is 9.43. The Kier molecular flexibility index (Phi) is 7.07. The van der Waals surface area contributed by atoms with Crippen molar-refractivity contribution in [1.29, 1.82) is 0 Å². The number of oxazole rings is 1. The van der Waals surface area contributed by atoms with Gasteiger partial charge in [-0.25, -0.2) is 4.98 Å². The van der Waals surface area contributed by atoms with Gasteiger partial charge < -0.3 is 9.32 Å². The number of fused-ring (bicyclic) bond motifs is 9. The summed E-state index contributed by atoms with van der Waals surface area (Å²) in [5.41, 5.74) is 18.1. The van der Waals surface area contributed by atoms with Crippen LogP contribution in [0.5, 0.6) is 0 Å². The lowest BCUT2D eigenvalue weighted by Gasteiger charge is -2.30. The van der Waals surface area contributed by atoms with Crippen molar-refractivity contribution in [2.75, 3.05) is 4.90 Å². The van der Waals surface area contributed by atoms with Crippen LogP contribution in [0, 0.1) is 0 Å². The fourth-order valence-corrected chi connectivity index (χ4v) is 9.74. The van der Waals surface area contributed by atoms with E-state index in [1.165, 1.54) is 44.5 Å². The van der Waals surface area contributed by atoms with E-state index >= 15 is 0 Å². The quantitative estimate of drug-likeness (QED) is 0.177. The predicted molar refractivity (Wildman–Crippen MR) is 232 cm³/mol. The van der Waals surface area contributed by atoms with Crippen LogP contribution < -0.4 is 4.90 Å². The van der Waals surface area contributed by atoms with Crippen LogP contribution in [0.2, 0.25) is 0 Å². The van der Waals surface area contributed by atoms with E-state index < -0.39 is 0 Å². The zero-order valence-electron chi connectivity index (χ0n) is 32.2. The second-order valence-electron chi connectivity index (χ2n) is 16.7. The zero-order chi connectivity index (χ0) is 37.8. The van der Waals surface area contributed by atoms with E-state index in [0.29, 0.717) is 0 Å². The molecule has 11 rings (SSSR count). The molecular weight excluding hydrogens is 681 g/mol. The molecule has 3 aliphatic rings. The molecule has 1 unspecified atom stereocenters. The molecule has 7 aromatic carbocycles. The highest BCUT2D eigenvalue weighted by molar-refractivity contribution is 6.04. The smallest absolute Gasteiger partial charge is 0.202 e. The highest BCUT2D eigenvalue weighted by atomic mass is 16.3. The molecule has 0 fully saturated rings. The summed E-state index contributed by atoms with van der Waals surface area (Å²) in [7, 11) is 0. The van der Waals surface area contributed by atoms with Gasteiger partial charge in [0, 0.05) is 33.3 Å². The van der Waals surface area contributed by atoms with E-state index in [1.54, 1.807) is 0 Å². The molecule has 0 aliphatic heterocycles. The second-order valence-corrected chi connectivity index (χ2v) is 16.7. The van der Waals surface area contributed by atoms with Crippen LogP contribution in [0.1, 0.15) is 68.2 Å². The van der Waals surface area contributed by atoms with Gasteiger partial charge in [-0.3, -0.25) is 0 Å². The van der Waals surface area contributed by atoms with Gasteiger partial charge in [-0.15, -0.1) is 0 Å². The minimum Gasteiger partial charge on any atom is -0.439 e. The average Bonchev–Trinajstić information content (AvgIpc) is 3.85. The van der Waals surface area contributed by atoms with E-state index in [2.05, 4.69) is 196 Å². The maximum atomic E-state index is 6.49. The number of hydrogen-bond donors (Lipinski definition) is 0. The third-order valence-corrected chi connectivity index (χ3v) is 12.8. The van der Waals surface area contributed by atoms with Crippen molar-refractivity contribution in [2.24, 2.45) is 0 Å². The van der Waals surface area contributed by atoms with Crippen LogP contribution in [0.3, 0.4) is 0 Å². The van der Waals surface area contributed by atoms with E-state index in [4.69, 9.17) is 9.40 Å². The Balaban J connectivity index is 1.02. The molecule has 3 aliphatic carbocycles. The molecule has 3 heteroatoms. The zero-order valence-corrected chi connectivity index (χ0v) is 32.2. The molecule has 3 nitrogen and oxygen atoms in total. The molecule has 1 heterocycles. The van der Waals surface area contributed by atoms with Crippen LogP contribution in [0.4, 0.5) is 17.1 Å². The van der Waals surface area contributed by atoms with Gasteiger partial charge in [0.25, 0.3) is 0 Å². The first-order chi connectivity index (χ1) is 27.3. The molecule has 1 aromatic heterocycles. The molecule has 0 amide bonds. The number of benzene rings is 7. The Morgan fingerprint density at radius 3 is 1.75 bits per heavy atom. The van der Waals surface area contributed by atoms with E-state index in [9.17, 15) is 0 Å². The molecule has 0 spiro atoms. The van der Waals surface area contributed by atoms with Crippen molar-refractivity contribution in [3.8, 4) is 33.4 Å². The molecule has 1 atom stereocenters. The van der Waals surface area contributed by atoms with E-state index in [-0.39, 0.29) is 16.7 Å². The first-order valence-electron chi connectivity index (χ1n) is 19.8. The van der Waals surface area contributed by atoms with E-state index in [1.807, 2.05) is 0 Å². The number of anilines is 3. The van der Waals surface area contributed by atoms with Crippen molar-refractivity contribution >= 4 is 38.9 Å². The predicted octanol–water partition coefficient (Wildman–Crippen LogP) is 14.3. The number of nitrogens with zero attached hydrogens (tertiary/aromatic N) is 2. The molecule has 0 saturated heterocycles. The van der Waals surface area contributed by atoms with Crippen molar-refractivity contribution in [2.45, 2.75) is 50.9 Å². The Bertz CT molecular complexity index is 2850. The van der Waals surface area contributed by atoms with Crippen molar-refractivity contribution in [3.05, 3.63) is 192 Å². The number of allylic oxidation sites excluding steroid dienone is 4. The van der Waals surface area contributed by atoms with Gasteiger partial charge in [0.15, 0.2) is 5.58 Å². The van der Waals surface area contributed by atoms with Crippen LogP contribution in [0.15, 0.2) is 168 Å². The van der Waals surface area contributed by atoms with Crippen LogP contribution in [0.25, 0.3) is 55.3 Å². The Morgan fingerprint density at radius 2 is 1.12 bits per heavy atom. The fraction of sp³-hybridized carbons (Fsp3) is 0.151. The Hall–Kier alpha value is -6.45. The fourth-order valence-electron chi connectivity index (χ4n) is 9.74. The summed E-state index contributed by atoms with van der Waals surface area (Å²) in [4.78, 5) is 7.35. The third-order valence-electron chi connectivity index (χ3n) is 12.8. The number of aromatic nitrogens is 1. The molecule has 0 radical (unpaired) electrons. The van der Waals surface area contributed by atoms with Crippen molar-refractivity contribution in [3.63, 3.8) is 0 Å². The van der Waals surface area contributed by atoms with Crippen LogP contribution >= 0.6 is 0 Å². The lowest BCUT2D eigenvalue weighted by atomic mass is 9.82. The molecule has 0 N–H and O–H groups in total. The highest BCUT2D eigenvalue weighted by Gasteiger charge is 2.37. The van der Waals surface area contributed by atoms with Gasteiger partial charge in [-0.05, 0) is 116 Å². The number of rotatable bonds is 5. The van der Waals surface area contributed by atoms with Gasteiger partial charge in [-0.1, -0.05) is 143 Å². The van der Waals surface area contributed by atoms with Gasteiger partial charge >= 0.3 is 0 Å².